The molecule has 0 aliphatic heterocycles. The summed E-state index contributed by atoms with van der Waals surface area (Å²) in [4.78, 5) is 4.93. The Morgan fingerprint density at radius 2 is 1.52 bits per heavy atom. The summed E-state index contributed by atoms with van der Waals surface area (Å²) in [5.41, 5.74) is 4.36. The van der Waals surface area contributed by atoms with E-state index in [0.717, 1.165) is 27.9 Å². The standard InChI is InChI=1S/C21H17NO/c1-14-7-9-15(10-8-14)21-19-6-4-3-5-17(19)18-12-11-16(23-2)13-20(18)22-21/h3-13H,1-2H3. The molecule has 0 aliphatic rings. The van der Waals surface area contributed by atoms with Crippen molar-refractivity contribution in [1.29, 1.82) is 0 Å². The number of methoxy groups -OCH3 is 1. The SMILES string of the molecule is COc1ccc2c(c1)nc(-c1ccc(C)cc1)c1ccccc12. The number of fused-ring (bicyclic) bond motifs is 3. The van der Waals surface area contributed by atoms with Gasteiger partial charge in [-0.3, -0.25) is 0 Å². The van der Waals surface area contributed by atoms with Crippen LogP contribution < -0.4 is 4.74 Å². The van der Waals surface area contributed by atoms with E-state index in [1.807, 2.05) is 12.1 Å². The molecule has 112 valence electrons. The number of benzene rings is 3. The molecule has 23 heavy (non-hydrogen) atoms. The molecule has 0 N–H and O–H groups in total. The van der Waals surface area contributed by atoms with E-state index in [9.17, 15) is 0 Å². The fourth-order valence-corrected chi connectivity index (χ4v) is 3.00. The van der Waals surface area contributed by atoms with Crippen LogP contribution in [0.4, 0.5) is 0 Å². The second-order valence-electron chi connectivity index (χ2n) is 5.76. The van der Waals surface area contributed by atoms with Crippen molar-refractivity contribution in [2.24, 2.45) is 0 Å². The largest absolute Gasteiger partial charge is 0.497 e. The molecule has 4 aromatic rings. The van der Waals surface area contributed by atoms with Gasteiger partial charge in [0.05, 0.1) is 18.3 Å². The van der Waals surface area contributed by atoms with Crippen molar-refractivity contribution in [3.05, 3.63) is 72.3 Å². The highest BCUT2D eigenvalue weighted by Crippen LogP contribution is 2.33. The van der Waals surface area contributed by atoms with Gasteiger partial charge in [-0.05, 0) is 24.4 Å². The molecule has 1 heterocycles. The Bertz CT molecular complexity index is 1000. The van der Waals surface area contributed by atoms with Gasteiger partial charge in [-0.15, -0.1) is 0 Å². The second-order valence-corrected chi connectivity index (χ2v) is 5.76. The predicted molar refractivity (Wildman–Crippen MR) is 96.0 cm³/mol. The van der Waals surface area contributed by atoms with Crippen LogP contribution in [0.2, 0.25) is 0 Å². The van der Waals surface area contributed by atoms with Crippen molar-refractivity contribution in [2.75, 3.05) is 7.11 Å². The molecule has 3 aromatic carbocycles. The number of aryl methyl sites for hydroxylation is 1. The third-order valence-corrected chi connectivity index (χ3v) is 4.23. The van der Waals surface area contributed by atoms with Crippen LogP contribution in [0.15, 0.2) is 66.7 Å². The molecule has 4 rings (SSSR count). The highest BCUT2D eigenvalue weighted by molar-refractivity contribution is 6.11. The number of nitrogens with zero attached hydrogens (tertiary/aromatic N) is 1. The van der Waals surface area contributed by atoms with Gasteiger partial charge in [-0.25, -0.2) is 4.98 Å². The Balaban J connectivity index is 2.10. The number of hydrogen-bond acceptors (Lipinski definition) is 2. The number of pyridine rings is 1. The minimum atomic E-state index is 0.829. The molecule has 0 atom stereocenters. The third kappa shape index (κ3) is 2.33. The van der Waals surface area contributed by atoms with E-state index in [-0.39, 0.29) is 0 Å². The average molecular weight is 299 g/mol. The molecule has 0 radical (unpaired) electrons. The lowest BCUT2D eigenvalue weighted by Gasteiger charge is -2.11. The maximum atomic E-state index is 5.36. The van der Waals surface area contributed by atoms with Gasteiger partial charge in [0.1, 0.15) is 5.75 Å². The number of aromatic nitrogens is 1. The molecule has 0 aliphatic carbocycles. The van der Waals surface area contributed by atoms with Gasteiger partial charge in [0.2, 0.25) is 0 Å². The Morgan fingerprint density at radius 1 is 0.783 bits per heavy atom. The first-order valence-electron chi connectivity index (χ1n) is 7.70. The summed E-state index contributed by atoms with van der Waals surface area (Å²) in [7, 11) is 1.68. The van der Waals surface area contributed by atoms with Crippen molar-refractivity contribution in [2.45, 2.75) is 6.92 Å². The van der Waals surface area contributed by atoms with Crippen LogP contribution in [-0.4, -0.2) is 12.1 Å². The van der Waals surface area contributed by atoms with Gasteiger partial charge in [0.15, 0.2) is 0 Å². The van der Waals surface area contributed by atoms with Gasteiger partial charge in [0.25, 0.3) is 0 Å². The van der Waals surface area contributed by atoms with Crippen LogP contribution in [0.1, 0.15) is 5.56 Å². The van der Waals surface area contributed by atoms with Gasteiger partial charge in [-0.2, -0.15) is 0 Å². The number of rotatable bonds is 2. The zero-order valence-electron chi connectivity index (χ0n) is 13.2. The predicted octanol–water partition coefficient (Wildman–Crippen LogP) is 5.37. The second kappa shape index (κ2) is 5.40. The van der Waals surface area contributed by atoms with Crippen LogP contribution >= 0.6 is 0 Å². The molecule has 0 saturated carbocycles. The fraction of sp³-hybridized carbons (Fsp3) is 0.0952. The molecular formula is C21H17NO. The molecule has 1 aromatic heterocycles. The Hall–Kier alpha value is -2.87. The monoisotopic (exact) mass is 299 g/mol. The lowest BCUT2D eigenvalue weighted by atomic mass is 9.99. The summed E-state index contributed by atoms with van der Waals surface area (Å²) in [5, 5.41) is 3.54. The van der Waals surface area contributed by atoms with Crippen molar-refractivity contribution in [1.82, 2.24) is 4.98 Å². The van der Waals surface area contributed by atoms with Gasteiger partial charge >= 0.3 is 0 Å². The van der Waals surface area contributed by atoms with Crippen molar-refractivity contribution in [3.63, 3.8) is 0 Å². The van der Waals surface area contributed by atoms with E-state index < -0.39 is 0 Å². The summed E-state index contributed by atoms with van der Waals surface area (Å²) in [6, 6.07) is 23.0. The zero-order chi connectivity index (χ0) is 15.8. The lowest BCUT2D eigenvalue weighted by molar-refractivity contribution is 0.415. The Kier molecular flexibility index (Phi) is 3.23. The van der Waals surface area contributed by atoms with Crippen LogP contribution in [-0.2, 0) is 0 Å². The van der Waals surface area contributed by atoms with E-state index in [4.69, 9.17) is 9.72 Å². The van der Waals surface area contributed by atoms with Crippen LogP contribution in [0.3, 0.4) is 0 Å². The maximum Gasteiger partial charge on any atom is 0.121 e. The summed E-state index contributed by atoms with van der Waals surface area (Å²) < 4.78 is 5.36. The molecule has 2 nitrogen and oxygen atoms in total. The molecule has 0 bridgehead atoms. The number of ether oxygens (including phenoxy) is 1. The maximum absolute atomic E-state index is 5.36. The molecule has 2 heteroatoms. The highest BCUT2D eigenvalue weighted by Gasteiger charge is 2.10. The lowest BCUT2D eigenvalue weighted by Crippen LogP contribution is -1.91. The smallest absolute Gasteiger partial charge is 0.121 e. The van der Waals surface area contributed by atoms with Crippen LogP contribution in [0, 0.1) is 6.92 Å². The van der Waals surface area contributed by atoms with Gasteiger partial charge < -0.3 is 4.74 Å². The summed E-state index contributed by atoms with van der Waals surface area (Å²) in [5.74, 6) is 0.829. The Labute approximate surface area is 135 Å². The zero-order valence-corrected chi connectivity index (χ0v) is 13.2. The van der Waals surface area contributed by atoms with Crippen molar-refractivity contribution >= 4 is 21.7 Å². The third-order valence-electron chi connectivity index (χ3n) is 4.23. The first-order valence-corrected chi connectivity index (χ1v) is 7.70. The van der Waals surface area contributed by atoms with E-state index in [2.05, 4.69) is 61.5 Å². The van der Waals surface area contributed by atoms with Gasteiger partial charge in [-0.1, -0.05) is 54.1 Å². The van der Waals surface area contributed by atoms with E-state index in [1.165, 1.54) is 16.3 Å². The minimum Gasteiger partial charge on any atom is -0.497 e. The summed E-state index contributed by atoms with van der Waals surface area (Å²) in [6.45, 7) is 2.10. The summed E-state index contributed by atoms with van der Waals surface area (Å²) >= 11 is 0. The van der Waals surface area contributed by atoms with Gasteiger partial charge in [0, 0.05) is 22.4 Å². The molecule has 0 fully saturated rings. The highest BCUT2D eigenvalue weighted by atomic mass is 16.5. The molecule has 0 unspecified atom stereocenters. The van der Waals surface area contributed by atoms with Crippen LogP contribution in [0.5, 0.6) is 5.75 Å². The first-order chi connectivity index (χ1) is 11.3. The molecule has 0 saturated heterocycles. The molecule has 0 amide bonds. The minimum absolute atomic E-state index is 0.829. The first kappa shape index (κ1) is 13.8. The van der Waals surface area contributed by atoms with E-state index in [0.29, 0.717) is 0 Å². The van der Waals surface area contributed by atoms with E-state index in [1.54, 1.807) is 7.11 Å². The summed E-state index contributed by atoms with van der Waals surface area (Å²) in [6.07, 6.45) is 0. The quantitative estimate of drug-likeness (QED) is 0.464. The van der Waals surface area contributed by atoms with Crippen molar-refractivity contribution in [3.8, 4) is 17.0 Å². The van der Waals surface area contributed by atoms with Crippen molar-refractivity contribution < 1.29 is 4.74 Å². The Morgan fingerprint density at radius 3 is 2.26 bits per heavy atom. The topological polar surface area (TPSA) is 22.1 Å². The fourth-order valence-electron chi connectivity index (χ4n) is 3.00. The van der Waals surface area contributed by atoms with E-state index >= 15 is 0 Å². The molecule has 0 spiro atoms. The normalized spacial score (nSPS) is 11.0. The average Bonchev–Trinajstić information content (AvgIpc) is 2.61. The number of hydrogen-bond donors (Lipinski definition) is 0. The molecular weight excluding hydrogens is 282 g/mol. The van der Waals surface area contributed by atoms with Crippen LogP contribution in [0.25, 0.3) is 32.9 Å².